The van der Waals surface area contributed by atoms with Crippen LogP contribution in [0.25, 0.3) is 11.3 Å². The number of benzene rings is 2. The summed E-state index contributed by atoms with van der Waals surface area (Å²) >= 11 is 1.48. The Kier molecular flexibility index (Phi) is 6.86. The predicted molar refractivity (Wildman–Crippen MR) is 112 cm³/mol. The summed E-state index contributed by atoms with van der Waals surface area (Å²) in [4.78, 5) is 31.4. The first-order valence-electron chi connectivity index (χ1n) is 9.07. The lowest BCUT2D eigenvalue weighted by molar-refractivity contribution is -0.136. The summed E-state index contributed by atoms with van der Waals surface area (Å²) in [5.41, 5.74) is 3.79. The number of nitrogens with zero attached hydrogens (tertiary/aromatic N) is 1. The number of thioether (sulfide) groups is 1. The molecule has 1 heterocycles. The topological polar surface area (TPSA) is 86.9 Å². The van der Waals surface area contributed by atoms with E-state index in [-0.39, 0.29) is 0 Å². The summed E-state index contributed by atoms with van der Waals surface area (Å²) in [7, 11) is 0. The lowest BCUT2D eigenvalue weighted by atomic mass is 10.1. The van der Waals surface area contributed by atoms with Gasteiger partial charge in [-0.15, -0.1) is 0 Å². The van der Waals surface area contributed by atoms with E-state index in [4.69, 9.17) is 0 Å². The molecule has 0 saturated carbocycles. The molecule has 144 valence electrons. The molecule has 0 aliphatic rings. The third-order valence-electron chi connectivity index (χ3n) is 4.09. The monoisotopic (exact) mass is 394 g/mol. The van der Waals surface area contributed by atoms with Crippen LogP contribution in [-0.2, 0) is 16.0 Å². The zero-order valence-electron chi connectivity index (χ0n) is 15.6. The van der Waals surface area contributed by atoms with Crippen LogP contribution in [0, 0.1) is 0 Å². The number of aromatic amines is 1. The second-order valence-electron chi connectivity index (χ2n) is 6.08. The molecule has 0 aliphatic heterocycles. The first-order chi connectivity index (χ1) is 13.7. The van der Waals surface area contributed by atoms with Gasteiger partial charge in [0, 0.05) is 18.0 Å². The van der Waals surface area contributed by atoms with Gasteiger partial charge < -0.3 is 15.6 Å². The molecule has 0 fully saturated rings. The van der Waals surface area contributed by atoms with E-state index in [1.54, 1.807) is 18.3 Å². The summed E-state index contributed by atoms with van der Waals surface area (Å²) in [6.07, 6.45) is 2.71. The van der Waals surface area contributed by atoms with E-state index in [1.807, 2.05) is 42.5 Å². The molecule has 0 spiro atoms. The lowest BCUT2D eigenvalue weighted by Gasteiger charge is -2.06. The first kappa shape index (κ1) is 19.7. The Balaban J connectivity index is 1.40. The van der Waals surface area contributed by atoms with Crippen LogP contribution in [0.2, 0.25) is 0 Å². The SMILES string of the molecule is CCc1ccc(NC(=O)C(=O)NCCSc2ncc(-c3ccccc3)[nH]2)cc1. The van der Waals surface area contributed by atoms with Gasteiger partial charge >= 0.3 is 11.8 Å². The highest BCUT2D eigenvalue weighted by molar-refractivity contribution is 7.99. The average molecular weight is 395 g/mol. The number of anilines is 1. The zero-order valence-corrected chi connectivity index (χ0v) is 16.4. The van der Waals surface area contributed by atoms with Crippen LogP contribution < -0.4 is 10.6 Å². The molecule has 0 saturated heterocycles. The summed E-state index contributed by atoms with van der Waals surface area (Å²) in [5.74, 6) is -0.713. The maximum absolute atomic E-state index is 11.9. The molecule has 2 aromatic carbocycles. The molecular weight excluding hydrogens is 372 g/mol. The minimum absolute atomic E-state index is 0.368. The Morgan fingerprint density at radius 2 is 1.79 bits per heavy atom. The quantitative estimate of drug-likeness (QED) is 0.325. The molecule has 6 nitrogen and oxygen atoms in total. The third kappa shape index (κ3) is 5.47. The number of aryl methyl sites for hydroxylation is 1. The van der Waals surface area contributed by atoms with Crippen molar-refractivity contribution < 1.29 is 9.59 Å². The highest BCUT2D eigenvalue weighted by Crippen LogP contribution is 2.20. The highest BCUT2D eigenvalue weighted by Gasteiger charge is 2.13. The summed E-state index contributed by atoms with van der Waals surface area (Å²) in [6, 6.07) is 17.4. The fourth-order valence-corrected chi connectivity index (χ4v) is 3.25. The van der Waals surface area contributed by atoms with Crippen LogP contribution in [-0.4, -0.2) is 34.1 Å². The van der Waals surface area contributed by atoms with Gasteiger partial charge in [0.1, 0.15) is 0 Å². The molecule has 0 atom stereocenters. The Labute approximate surface area is 168 Å². The maximum Gasteiger partial charge on any atom is 0.313 e. The van der Waals surface area contributed by atoms with Crippen molar-refractivity contribution in [2.24, 2.45) is 0 Å². The number of rotatable bonds is 7. The highest BCUT2D eigenvalue weighted by atomic mass is 32.2. The molecule has 3 N–H and O–H groups in total. The molecule has 1 aromatic heterocycles. The fourth-order valence-electron chi connectivity index (χ4n) is 2.54. The van der Waals surface area contributed by atoms with Gasteiger partial charge in [0.25, 0.3) is 0 Å². The van der Waals surface area contributed by atoms with Crippen LogP contribution in [0.1, 0.15) is 12.5 Å². The second-order valence-corrected chi connectivity index (χ2v) is 7.16. The number of nitrogens with one attached hydrogen (secondary N) is 3. The van der Waals surface area contributed by atoms with Gasteiger partial charge in [-0.3, -0.25) is 9.59 Å². The summed E-state index contributed by atoms with van der Waals surface area (Å²) in [6.45, 7) is 2.43. The number of hydrogen-bond donors (Lipinski definition) is 3. The number of carbonyl (C=O) groups is 2. The lowest BCUT2D eigenvalue weighted by Crippen LogP contribution is -2.36. The summed E-state index contributed by atoms with van der Waals surface area (Å²) < 4.78 is 0. The average Bonchev–Trinajstić information content (AvgIpc) is 3.21. The number of carbonyl (C=O) groups excluding carboxylic acids is 2. The van der Waals surface area contributed by atoms with Crippen LogP contribution >= 0.6 is 11.8 Å². The molecule has 0 radical (unpaired) electrons. The predicted octanol–water partition coefficient (Wildman–Crippen LogP) is 3.49. The molecule has 0 bridgehead atoms. The van der Waals surface area contributed by atoms with Gasteiger partial charge in [0.15, 0.2) is 5.16 Å². The van der Waals surface area contributed by atoms with E-state index in [1.165, 1.54) is 17.3 Å². The standard InChI is InChI=1S/C21H22N4O2S/c1-2-15-8-10-17(11-9-15)24-20(27)19(26)22-12-13-28-21-23-14-18(25-21)16-6-4-3-5-7-16/h3-11,14H,2,12-13H2,1H3,(H,22,26)(H,23,25)(H,24,27). The van der Waals surface area contributed by atoms with Crippen molar-refractivity contribution in [3.63, 3.8) is 0 Å². The van der Waals surface area contributed by atoms with Crippen molar-refractivity contribution in [3.8, 4) is 11.3 Å². The van der Waals surface area contributed by atoms with E-state index < -0.39 is 11.8 Å². The normalized spacial score (nSPS) is 10.5. The Bertz CT molecular complexity index is 923. The van der Waals surface area contributed by atoms with Crippen molar-refractivity contribution in [2.75, 3.05) is 17.6 Å². The van der Waals surface area contributed by atoms with Crippen molar-refractivity contribution in [2.45, 2.75) is 18.5 Å². The molecule has 0 aliphatic carbocycles. The molecule has 3 aromatic rings. The van der Waals surface area contributed by atoms with Crippen molar-refractivity contribution in [1.82, 2.24) is 15.3 Å². The van der Waals surface area contributed by atoms with Gasteiger partial charge in [-0.2, -0.15) is 0 Å². The number of imidazole rings is 1. The van der Waals surface area contributed by atoms with Gasteiger partial charge in [-0.05, 0) is 29.7 Å². The van der Waals surface area contributed by atoms with Crippen LogP contribution in [0.15, 0.2) is 66.0 Å². The van der Waals surface area contributed by atoms with Crippen LogP contribution in [0.4, 0.5) is 5.69 Å². The van der Waals surface area contributed by atoms with Crippen LogP contribution in [0.3, 0.4) is 0 Å². The molecular formula is C21H22N4O2S. The number of amides is 2. The minimum Gasteiger partial charge on any atom is -0.347 e. The van der Waals surface area contributed by atoms with E-state index in [2.05, 4.69) is 27.5 Å². The smallest absolute Gasteiger partial charge is 0.313 e. The van der Waals surface area contributed by atoms with E-state index >= 15 is 0 Å². The Morgan fingerprint density at radius 1 is 1.04 bits per heavy atom. The molecule has 2 amide bonds. The number of hydrogen-bond acceptors (Lipinski definition) is 4. The van der Waals surface area contributed by atoms with Crippen molar-refractivity contribution >= 4 is 29.3 Å². The van der Waals surface area contributed by atoms with Gasteiger partial charge in [-0.25, -0.2) is 4.98 Å². The molecule has 7 heteroatoms. The number of aromatic nitrogens is 2. The van der Waals surface area contributed by atoms with E-state index in [0.717, 1.165) is 22.8 Å². The summed E-state index contributed by atoms with van der Waals surface area (Å²) in [5, 5.41) is 5.99. The fraction of sp³-hybridized carbons (Fsp3) is 0.190. The van der Waals surface area contributed by atoms with Gasteiger partial charge in [0.2, 0.25) is 0 Å². The zero-order chi connectivity index (χ0) is 19.8. The second kappa shape index (κ2) is 9.75. The third-order valence-corrected chi connectivity index (χ3v) is 4.98. The van der Waals surface area contributed by atoms with Gasteiger partial charge in [0.05, 0.1) is 11.9 Å². The Hall–Kier alpha value is -3.06. The molecule has 0 unspecified atom stereocenters. The van der Waals surface area contributed by atoms with Crippen molar-refractivity contribution in [3.05, 3.63) is 66.4 Å². The maximum atomic E-state index is 11.9. The molecule has 28 heavy (non-hydrogen) atoms. The van der Waals surface area contributed by atoms with Crippen LogP contribution in [0.5, 0.6) is 0 Å². The van der Waals surface area contributed by atoms with Gasteiger partial charge in [-0.1, -0.05) is 61.2 Å². The number of H-pyrrole nitrogens is 1. The van der Waals surface area contributed by atoms with E-state index in [9.17, 15) is 9.59 Å². The van der Waals surface area contributed by atoms with Crippen molar-refractivity contribution in [1.29, 1.82) is 0 Å². The minimum atomic E-state index is -0.668. The molecule has 3 rings (SSSR count). The largest absolute Gasteiger partial charge is 0.347 e. The Morgan fingerprint density at radius 3 is 2.50 bits per heavy atom. The first-order valence-corrected chi connectivity index (χ1v) is 10.1. The van der Waals surface area contributed by atoms with E-state index in [0.29, 0.717) is 18.0 Å².